The average Bonchev–Trinajstić information content (AvgIpc) is 3.49. The maximum absolute atomic E-state index is 15.3. The Kier molecular flexibility index (Phi) is 7.05. The molecule has 0 saturated heterocycles. The fourth-order valence-corrected chi connectivity index (χ4v) is 4.12. The van der Waals surface area contributed by atoms with Crippen molar-refractivity contribution in [2.45, 2.75) is 12.1 Å². The molecule has 3 aromatic carbocycles. The second-order valence-electron chi connectivity index (χ2n) is 8.54. The van der Waals surface area contributed by atoms with Gasteiger partial charge in [0.2, 0.25) is 0 Å². The van der Waals surface area contributed by atoms with Crippen molar-refractivity contribution in [1.82, 2.24) is 20.0 Å². The van der Waals surface area contributed by atoms with Crippen LogP contribution >= 0.6 is 0 Å². The van der Waals surface area contributed by atoms with Gasteiger partial charge in [-0.15, -0.1) is 0 Å². The first kappa shape index (κ1) is 24.6. The highest BCUT2D eigenvalue weighted by Gasteiger charge is 2.25. The number of nitrogens with two attached hydrogens (primary N) is 2. The Hall–Kier alpha value is -5.09. The standard InChI is InChI=1S/C28H25FN8O/c29-23-17-22(26(31)38)27(34-20-12-7-13-21(16-20)37-32-14-15-33-37)36-28(23)35-25(19-10-5-2-6-11-19)24(30)18-8-3-1-4-9-18/h1-17,24-25H,30H2,(H2,31,38)(H2,34,35,36)/t24-,25+/m0/s1. The molecule has 2 atom stereocenters. The molecule has 0 radical (unpaired) electrons. The number of carbonyl (C=O) groups is 1. The number of pyridine rings is 1. The van der Waals surface area contributed by atoms with Crippen molar-refractivity contribution in [3.8, 4) is 5.69 Å². The Morgan fingerprint density at radius 3 is 2.16 bits per heavy atom. The zero-order valence-electron chi connectivity index (χ0n) is 20.2. The van der Waals surface area contributed by atoms with Gasteiger partial charge in [-0.2, -0.15) is 15.0 Å². The first-order valence-corrected chi connectivity index (χ1v) is 11.9. The van der Waals surface area contributed by atoms with Crippen LogP contribution in [0.15, 0.2) is 103 Å². The van der Waals surface area contributed by atoms with E-state index in [4.69, 9.17) is 11.5 Å². The molecule has 0 fully saturated rings. The molecule has 0 saturated carbocycles. The molecule has 10 heteroatoms. The monoisotopic (exact) mass is 508 g/mol. The topological polar surface area (TPSA) is 137 Å². The number of amides is 1. The number of nitrogens with one attached hydrogen (secondary N) is 2. The van der Waals surface area contributed by atoms with Crippen LogP contribution < -0.4 is 22.1 Å². The largest absolute Gasteiger partial charge is 0.365 e. The first-order chi connectivity index (χ1) is 18.5. The highest BCUT2D eigenvalue weighted by Crippen LogP contribution is 2.32. The molecule has 6 N–H and O–H groups in total. The highest BCUT2D eigenvalue weighted by atomic mass is 19.1. The van der Waals surface area contributed by atoms with E-state index >= 15 is 4.39 Å². The predicted molar refractivity (Wildman–Crippen MR) is 144 cm³/mol. The lowest BCUT2D eigenvalue weighted by molar-refractivity contribution is 0.100. The number of halogens is 1. The molecule has 9 nitrogen and oxygen atoms in total. The molecule has 38 heavy (non-hydrogen) atoms. The molecule has 5 rings (SSSR count). The smallest absolute Gasteiger partial charge is 0.252 e. The van der Waals surface area contributed by atoms with Gasteiger partial charge in [-0.3, -0.25) is 4.79 Å². The SMILES string of the molecule is NC(=O)c1cc(F)c(N[C@H](c2ccccc2)[C@@H](N)c2ccccc2)nc1Nc1cccc(-n2nccn2)c1. The van der Waals surface area contributed by atoms with Crippen LogP contribution in [0, 0.1) is 5.82 Å². The average molecular weight is 509 g/mol. The number of hydrogen-bond donors (Lipinski definition) is 4. The van der Waals surface area contributed by atoms with Crippen molar-refractivity contribution in [3.63, 3.8) is 0 Å². The second-order valence-corrected chi connectivity index (χ2v) is 8.54. The number of benzene rings is 3. The van der Waals surface area contributed by atoms with E-state index in [1.54, 1.807) is 30.6 Å². The van der Waals surface area contributed by atoms with Gasteiger partial charge in [0.15, 0.2) is 11.6 Å². The van der Waals surface area contributed by atoms with Gasteiger partial charge in [-0.1, -0.05) is 66.7 Å². The number of carbonyl (C=O) groups excluding carboxylic acids is 1. The van der Waals surface area contributed by atoms with Crippen LogP contribution in [0.2, 0.25) is 0 Å². The fraction of sp³-hybridized carbons (Fsp3) is 0.0714. The summed E-state index contributed by atoms with van der Waals surface area (Å²) in [6.45, 7) is 0. The molecule has 0 bridgehead atoms. The Bertz CT molecular complexity index is 1530. The van der Waals surface area contributed by atoms with Crippen molar-refractivity contribution >= 4 is 23.2 Å². The number of hydrogen-bond acceptors (Lipinski definition) is 7. The number of anilines is 3. The van der Waals surface area contributed by atoms with Crippen LogP contribution in [0.5, 0.6) is 0 Å². The predicted octanol–water partition coefficient (Wildman–Crippen LogP) is 4.50. The molecular weight excluding hydrogens is 483 g/mol. The van der Waals surface area contributed by atoms with Crippen LogP contribution in [-0.2, 0) is 0 Å². The quantitative estimate of drug-likeness (QED) is 0.230. The van der Waals surface area contributed by atoms with Gasteiger partial charge >= 0.3 is 0 Å². The summed E-state index contributed by atoms with van der Waals surface area (Å²) in [6.07, 6.45) is 3.13. The normalized spacial score (nSPS) is 12.5. The van der Waals surface area contributed by atoms with Crippen LogP contribution in [0.1, 0.15) is 33.6 Å². The van der Waals surface area contributed by atoms with Gasteiger partial charge in [0, 0.05) is 5.69 Å². The third kappa shape index (κ3) is 5.35. The minimum atomic E-state index is -0.823. The van der Waals surface area contributed by atoms with E-state index in [2.05, 4.69) is 25.8 Å². The van der Waals surface area contributed by atoms with Crippen LogP contribution in [0.25, 0.3) is 5.69 Å². The number of nitrogens with zero attached hydrogens (tertiary/aromatic N) is 4. The van der Waals surface area contributed by atoms with E-state index in [9.17, 15) is 4.79 Å². The molecule has 0 aliphatic carbocycles. The van der Waals surface area contributed by atoms with Crippen molar-refractivity contribution < 1.29 is 9.18 Å². The number of aromatic nitrogens is 4. The molecule has 0 aliphatic rings. The molecule has 1 amide bonds. The van der Waals surface area contributed by atoms with Crippen LogP contribution in [-0.4, -0.2) is 25.9 Å². The first-order valence-electron chi connectivity index (χ1n) is 11.9. The zero-order chi connectivity index (χ0) is 26.5. The molecule has 190 valence electrons. The van der Waals surface area contributed by atoms with E-state index in [-0.39, 0.29) is 17.2 Å². The second kappa shape index (κ2) is 10.9. The summed E-state index contributed by atoms with van der Waals surface area (Å²) >= 11 is 0. The van der Waals surface area contributed by atoms with E-state index in [1.807, 2.05) is 66.7 Å². The lowest BCUT2D eigenvalue weighted by Gasteiger charge is -2.27. The Balaban J connectivity index is 1.51. The highest BCUT2D eigenvalue weighted by molar-refractivity contribution is 5.98. The van der Waals surface area contributed by atoms with E-state index in [0.717, 1.165) is 17.2 Å². The summed E-state index contributed by atoms with van der Waals surface area (Å²) in [5.74, 6) is -1.55. The van der Waals surface area contributed by atoms with Gasteiger partial charge in [-0.25, -0.2) is 9.37 Å². The molecule has 2 aromatic heterocycles. The number of rotatable bonds is 9. The Labute approximate surface area is 218 Å². The minimum absolute atomic E-state index is 0.0809. The van der Waals surface area contributed by atoms with Crippen LogP contribution in [0.3, 0.4) is 0 Å². The summed E-state index contributed by atoms with van der Waals surface area (Å²) in [6, 6.07) is 26.2. The fourth-order valence-electron chi connectivity index (χ4n) is 4.12. The van der Waals surface area contributed by atoms with Crippen molar-refractivity contribution in [1.29, 1.82) is 0 Å². The Morgan fingerprint density at radius 1 is 0.842 bits per heavy atom. The minimum Gasteiger partial charge on any atom is -0.365 e. The third-order valence-corrected chi connectivity index (χ3v) is 5.99. The van der Waals surface area contributed by atoms with Crippen molar-refractivity contribution in [2.75, 3.05) is 10.6 Å². The summed E-state index contributed by atoms with van der Waals surface area (Å²) in [5.41, 5.74) is 15.1. The molecule has 0 aliphatic heterocycles. The lowest BCUT2D eigenvalue weighted by atomic mass is 9.94. The summed E-state index contributed by atoms with van der Waals surface area (Å²) in [7, 11) is 0. The third-order valence-electron chi connectivity index (χ3n) is 5.99. The summed E-state index contributed by atoms with van der Waals surface area (Å²) in [5, 5.41) is 14.5. The van der Waals surface area contributed by atoms with Gasteiger partial charge in [0.1, 0.15) is 5.82 Å². The van der Waals surface area contributed by atoms with E-state index in [1.165, 1.54) is 4.80 Å². The van der Waals surface area contributed by atoms with Gasteiger partial charge in [0.05, 0.1) is 35.7 Å². The van der Waals surface area contributed by atoms with Crippen molar-refractivity contribution in [2.24, 2.45) is 11.5 Å². The summed E-state index contributed by atoms with van der Waals surface area (Å²) in [4.78, 5) is 18.1. The number of primary amides is 1. The van der Waals surface area contributed by atoms with Crippen molar-refractivity contribution in [3.05, 3.63) is 126 Å². The zero-order valence-corrected chi connectivity index (χ0v) is 20.2. The molecule has 2 heterocycles. The molecular formula is C28H25FN8O. The lowest BCUT2D eigenvalue weighted by Crippen LogP contribution is -2.27. The summed E-state index contributed by atoms with van der Waals surface area (Å²) < 4.78 is 15.3. The molecule has 0 unspecified atom stereocenters. The molecule has 0 spiro atoms. The van der Waals surface area contributed by atoms with Gasteiger partial charge in [0.25, 0.3) is 5.91 Å². The van der Waals surface area contributed by atoms with Crippen LogP contribution in [0.4, 0.5) is 21.7 Å². The maximum atomic E-state index is 15.3. The van der Waals surface area contributed by atoms with E-state index in [0.29, 0.717) is 11.4 Å². The molecule has 5 aromatic rings. The Morgan fingerprint density at radius 2 is 1.50 bits per heavy atom. The van der Waals surface area contributed by atoms with E-state index < -0.39 is 23.8 Å². The van der Waals surface area contributed by atoms with Gasteiger partial charge < -0.3 is 22.1 Å². The maximum Gasteiger partial charge on any atom is 0.252 e. The van der Waals surface area contributed by atoms with Gasteiger partial charge in [-0.05, 0) is 35.4 Å².